The first-order valence-corrected chi connectivity index (χ1v) is 12.2. The Bertz CT molecular complexity index is 878. The Labute approximate surface area is 190 Å². The first-order valence-electron chi connectivity index (χ1n) is 12.2. The van der Waals surface area contributed by atoms with Gasteiger partial charge in [0.2, 0.25) is 12.0 Å². The van der Waals surface area contributed by atoms with Crippen molar-refractivity contribution >= 4 is 17.8 Å². The predicted octanol–water partition coefficient (Wildman–Crippen LogP) is 3.76. The van der Waals surface area contributed by atoms with Crippen LogP contribution in [0.2, 0.25) is 0 Å². The fourth-order valence-electron chi connectivity index (χ4n) is 7.42. The smallest absolute Gasteiger partial charge is 0.313 e. The van der Waals surface area contributed by atoms with Crippen LogP contribution < -0.4 is 5.32 Å². The lowest BCUT2D eigenvalue weighted by Crippen LogP contribution is -2.64. The Morgan fingerprint density at radius 2 is 1.66 bits per heavy atom. The monoisotopic (exact) mass is 438 g/mol. The van der Waals surface area contributed by atoms with Crippen molar-refractivity contribution in [3.8, 4) is 0 Å². The van der Waals surface area contributed by atoms with E-state index in [0.29, 0.717) is 18.3 Å². The van der Waals surface area contributed by atoms with Gasteiger partial charge in [0.25, 0.3) is 5.91 Å². The van der Waals surface area contributed by atoms with Crippen LogP contribution in [0, 0.1) is 17.3 Å². The summed E-state index contributed by atoms with van der Waals surface area (Å²) in [5, 5.41) is 3.20. The lowest BCUT2D eigenvalue weighted by molar-refractivity contribution is -0.185. The zero-order valence-electron chi connectivity index (χ0n) is 19.0. The molecule has 3 atom stereocenters. The van der Waals surface area contributed by atoms with Gasteiger partial charge in [0.1, 0.15) is 0 Å². The summed E-state index contributed by atoms with van der Waals surface area (Å²) in [5.74, 6) is 0.483. The second-order valence-electron chi connectivity index (χ2n) is 10.8. The topological polar surface area (TPSA) is 75.7 Å². The molecule has 1 N–H and O–H groups in total. The molecule has 0 radical (unpaired) electrons. The Balaban J connectivity index is 1.41. The molecule has 1 heterocycles. The molecule has 0 spiro atoms. The number of nitrogens with zero attached hydrogens (tertiary/aromatic N) is 1. The van der Waals surface area contributed by atoms with E-state index in [4.69, 9.17) is 4.74 Å². The average molecular weight is 439 g/mol. The quantitative estimate of drug-likeness (QED) is 0.711. The first-order chi connectivity index (χ1) is 15.4. The van der Waals surface area contributed by atoms with E-state index >= 15 is 0 Å². The summed E-state index contributed by atoms with van der Waals surface area (Å²) in [6.45, 7) is 3.01. The van der Waals surface area contributed by atoms with Gasteiger partial charge in [-0.05, 0) is 69.6 Å². The summed E-state index contributed by atoms with van der Waals surface area (Å²) < 4.78 is 6.14. The van der Waals surface area contributed by atoms with Gasteiger partial charge in [0.05, 0.1) is 5.41 Å². The summed E-state index contributed by atoms with van der Waals surface area (Å²) in [4.78, 5) is 41.1. The summed E-state index contributed by atoms with van der Waals surface area (Å²) in [5.41, 5.74) is -0.159. The highest BCUT2D eigenvalue weighted by Crippen LogP contribution is 2.62. The van der Waals surface area contributed by atoms with Gasteiger partial charge in [-0.1, -0.05) is 30.3 Å². The predicted molar refractivity (Wildman–Crippen MR) is 119 cm³/mol. The van der Waals surface area contributed by atoms with Gasteiger partial charge < -0.3 is 15.0 Å². The first kappa shape index (κ1) is 21.5. The summed E-state index contributed by atoms with van der Waals surface area (Å²) in [6.07, 6.45) is 7.51. The number of rotatable bonds is 5. The molecule has 4 aliphatic carbocycles. The standard InChI is InChI=1S/C26H34N2O4/c1-18(29)27-26-15-19-12-20(16-26)14-25(13-19,17-26)24(31)32-22(21-8-4-2-5-9-21)23(30)28-10-6-3-7-11-28/h2,4-5,8-9,19-20,22H,3,6-7,10-17H2,1H3,(H,27,29). The lowest BCUT2D eigenvalue weighted by atomic mass is 9.47. The summed E-state index contributed by atoms with van der Waals surface area (Å²) in [7, 11) is 0. The number of carbonyl (C=O) groups excluding carboxylic acids is 3. The van der Waals surface area contributed by atoms with Crippen molar-refractivity contribution in [2.75, 3.05) is 13.1 Å². The number of benzene rings is 1. The van der Waals surface area contributed by atoms with E-state index < -0.39 is 11.5 Å². The Hall–Kier alpha value is -2.37. The molecule has 0 aromatic heterocycles. The fraction of sp³-hybridized carbons (Fsp3) is 0.654. The minimum atomic E-state index is -0.897. The zero-order chi connectivity index (χ0) is 22.3. The van der Waals surface area contributed by atoms with E-state index in [0.717, 1.165) is 70.0 Å². The van der Waals surface area contributed by atoms with Gasteiger partial charge in [-0.25, -0.2) is 0 Å². The molecule has 6 nitrogen and oxygen atoms in total. The number of hydrogen-bond donors (Lipinski definition) is 1. The second-order valence-corrected chi connectivity index (χ2v) is 10.8. The van der Waals surface area contributed by atoms with Crippen LogP contribution in [-0.2, 0) is 19.1 Å². The van der Waals surface area contributed by atoms with Crippen LogP contribution in [0.15, 0.2) is 30.3 Å². The maximum Gasteiger partial charge on any atom is 0.313 e. The van der Waals surface area contributed by atoms with Crippen LogP contribution >= 0.6 is 0 Å². The van der Waals surface area contributed by atoms with E-state index in [1.807, 2.05) is 35.2 Å². The van der Waals surface area contributed by atoms with Crippen LogP contribution in [-0.4, -0.2) is 41.3 Å². The summed E-state index contributed by atoms with van der Waals surface area (Å²) in [6, 6.07) is 9.42. The van der Waals surface area contributed by atoms with Crippen LogP contribution in [0.3, 0.4) is 0 Å². The molecule has 172 valence electrons. The van der Waals surface area contributed by atoms with Crippen LogP contribution in [0.25, 0.3) is 0 Å². The van der Waals surface area contributed by atoms with E-state index in [2.05, 4.69) is 5.32 Å². The largest absolute Gasteiger partial charge is 0.447 e. The molecule has 6 rings (SSSR count). The summed E-state index contributed by atoms with van der Waals surface area (Å²) >= 11 is 0. The molecule has 1 aromatic rings. The zero-order valence-corrected chi connectivity index (χ0v) is 19.0. The Morgan fingerprint density at radius 3 is 2.28 bits per heavy atom. The number of ether oxygens (including phenoxy) is 1. The Morgan fingerprint density at radius 1 is 1.00 bits per heavy atom. The molecule has 6 heteroatoms. The highest BCUT2D eigenvalue weighted by molar-refractivity contribution is 5.87. The van der Waals surface area contributed by atoms with Crippen LogP contribution in [0.5, 0.6) is 0 Å². The van der Waals surface area contributed by atoms with Gasteiger partial charge in [0, 0.05) is 31.1 Å². The van der Waals surface area contributed by atoms with Crippen molar-refractivity contribution in [1.82, 2.24) is 10.2 Å². The number of nitrogens with one attached hydrogen (secondary N) is 1. The molecule has 2 amide bonds. The van der Waals surface area contributed by atoms with Crippen molar-refractivity contribution in [3.05, 3.63) is 35.9 Å². The maximum atomic E-state index is 13.8. The minimum Gasteiger partial charge on any atom is -0.447 e. The average Bonchev–Trinajstić information content (AvgIpc) is 2.76. The van der Waals surface area contributed by atoms with Crippen molar-refractivity contribution in [1.29, 1.82) is 0 Å². The van der Waals surface area contributed by atoms with Gasteiger partial charge >= 0.3 is 5.97 Å². The molecule has 3 unspecified atom stereocenters. The lowest BCUT2D eigenvalue weighted by Gasteiger charge is -2.60. The molecule has 4 saturated carbocycles. The number of piperidine rings is 1. The van der Waals surface area contributed by atoms with Crippen molar-refractivity contribution in [2.24, 2.45) is 17.3 Å². The minimum absolute atomic E-state index is 0.0297. The fourth-order valence-corrected chi connectivity index (χ4v) is 7.42. The SMILES string of the molecule is CC(=O)NC12CC3CC(C1)CC(C(=O)OC(C(=O)N1CCCCC1)c1ccccc1)(C3)C2. The molecule has 32 heavy (non-hydrogen) atoms. The van der Waals surface area contributed by atoms with Crippen molar-refractivity contribution in [2.45, 2.75) is 76.4 Å². The van der Waals surface area contributed by atoms with Gasteiger partial charge in [-0.2, -0.15) is 0 Å². The van der Waals surface area contributed by atoms with Crippen molar-refractivity contribution < 1.29 is 19.1 Å². The van der Waals surface area contributed by atoms with Crippen LogP contribution in [0.4, 0.5) is 0 Å². The van der Waals surface area contributed by atoms with Gasteiger partial charge in [-0.15, -0.1) is 0 Å². The molecular weight excluding hydrogens is 404 g/mol. The number of esters is 1. The van der Waals surface area contributed by atoms with Gasteiger partial charge in [-0.3, -0.25) is 14.4 Å². The maximum absolute atomic E-state index is 13.8. The number of likely N-dealkylation sites (tertiary alicyclic amines) is 1. The Kier molecular flexibility index (Phi) is 5.50. The van der Waals surface area contributed by atoms with E-state index in [9.17, 15) is 14.4 Å². The molecular formula is C26H34N2O4. The molecule has 4 bridgehead atoms. The number of carbonyl (C=O) groups is 3. The normalized spacial score (nSPS) is 34.1. The number of hydrogen-bond acceptors (Lipinski definition) is 4. The molecule has 5 fully saturated rings. The van der Waals surface area contributed by atoms with Crippen LogP contribution in [0.1, 0.15) is 76.4 Å². The molecule has 1 aliphatic heterocycles. The molecule has 1 saturated heterocycles. The molecule has 1 aromatic carbocycles. The molecule has 5 aliphatic rings. The highest BCUT2D eigenvalue weighted by Gasteiger charge is 2.62. The van der Waals surface area contributed by atoms with E-state index in [-0.39, 0.29) is 23.3 Å². The van der Waals surface area contributed by atoms with E-state index in [1.54, 1.807) is 6.92 Å². The third kappa shape index (κ3) is 3.93. The number of amides is 2. The van der Waals surface area contributed by atoms with E-state index in [1.165, 1.54) is 0 Å². The second kappa shape index (κ2) is 8.20. The van der Waals surface area contributed by atoms with Crippen molar-refractivity contribution in [3.63, 3.8) is 0 Å². The third-order valence-electron chi connectivity index (χ3n) is 8.15. The third-order valence-corrected chi connectivity index (χ3v) is 8.15. The highest BCUT2D eigenvalue weighted by atomic mass is 16.5. The van der Waals surface area contributed by atoms with Gasteiger partial charge in [0.15, 0.2) is 0 Å².